The van der Waals surface area contributed by atoms with E-state index in [1.807, 2.05) is 0 Å². The molecule has 0 aromatic rings. The van der Waals surface area contributed by atoms with Gasteiger partial charge in [0.15, 0.2) is 6.10 Å². The van der Waals surface area contributed by atoms with E-state index in [1.165, 1.54) is 0 Å². The molecule has 0 heterocycles. The van der Waals surface area contributed by atoms with E-state index < -0.39 is 12.2 Å². The molecule has 0 aromatic carbocycles. The molecule has 0 radical (unpaired) electrons. The van der Waals surface area contributed by atoms with Crippen molar-refractivity contribution in [2.75, 3.05) is 6.61 Å². The highest BCUT2D eigenvalue weighted by Crippen LogP contribution is 1.96. The number of nitrogens with zero attached hydrogens (tertiary/aromatic N) is 1. The number of nitriles is 1. The van der Waals surface area contributed by atoms with Gasteiger partial charge in [-0.25, -0.2) is 0 Å². The highest BCUT2D eigenvalue weighted by molar-refractivity contribution is 4.87. The summed E-state index contributed by atoms with van der Waals surface area (Å²) >= 11 is 0. The van der Waals surface area contributed by atoms with Crippen LogP contribution in [0.3, 0.4) is 0 Å². The fraction of sp³-hybridized carbons (Fsp3) is 0.571. The van der Waals surface area contributed by atoms with Gasteiger partial charge in [-0.15, -0.1) is 6.58 Å². The van der Waals surface area contributed by atoms with Crippen molar-refractivity contribution in [3.8, 4) is 6.07 Å². The Balaban J connectivity index is 3.52. The number of hydrogen-bond donors (Lipinski definition) is 1. The summed E-state index contributed by atoms with van der Waals surface area (Å²) in [4.78, 5) is 0. The lowest BCUT2D eigenvalue weighted by molar-refractivity contribution is 0.0106. The summed E-state index contributed by atoms with van der Waals surface area (Å²) in [6.45, 7) is 5.43. The van der Waals surface area contributed by atoms with Crippen LogP contribution in [0.15, 0.2) is 12.7 Å². The Labute approximate surface area is 60.5 Å². The molecular formula is C7H11NO2. The Morgan fingerprint density at radius 2 is 2.50 bits per heavy atom. The average molecular weight is 141 g/mol. The minimum atomic E-state index is -1.04. The van der Waals surface area contributed by atoms with Crippen LogP contribution in [-0.4, -0.2) is 23.9 Å². The number of aliphatic hydroxyl groups is 1. The molecule has 0 saturated heterocycles. The van der Waals surface area contributed by atoms with Crippen molar-refractivity contribution in [2.45, 2.75) is 19.1 Å². The maximum atomic E-state index is 8.83. The molecule has 0 fully saturated rings. The largest absolute Gasteiger partial charge is 0.375 e. The van der Waals surface area contributed by atoms with Gasteiger partial charge in [0.25, 0.3) is 0 Å². The second kappa shape index (κ2) is 4.98. The quantitative estimate of drug-likeness (QED) is 0.457. The van der Waals surface area contributed by atoms with Gasteiger partial charge < -0.3 is 9.84 Å². The molecule has 2 atom stereocenters. The lowest BCUT2D eigenvalue weighted by atomic mass is 10.2. The van der Waals surface area contributed by atoms with Gasteiger partial charge in [-0.1, -0.05) is 6.08 Å². The minimum absolute atomic E-state index is 0.361. The minimum Gasteiger partial charge on any atom is -0.375 e. The van der Waals surface area contributed by atoms with E-state index in [1.54, 1.807) is 19.1 Å². The van der Waals surface area contributed by atoms with Crippen LogP contribution in [0.25, 0.3) is 0 Å². The second-order valence-electron chi connectivity index (χ2n) is 1.90. The van der Waals surface area contributed by atoms with Crippen molar-refractivity contribution in [3.63, 3.8) is 0 Å². The molecule has 0 aliphatic rings. The zero-order chi connectivity index (χ0) is 7.98. The Morgan fingerprint density at radius 1 is 1.90 bits per heavy atom. The Bertz CT molecular complexity index is 139. The van der Waals surface area contributed by atoms with Crippen LogP contribution in [0.4, 0.5) is 0 Å². The van der Waals surface area contributed by atoms with Gasteiger partial charge >= 0.3 is 0 Å². The maximum absolute atomic E-state index is 8.83. The van der Waals surface area contributed by atoms with Crippen molar-refractivity contribution in [3.05, 3.63) is 12.7 Å². The number of rotatable bonds is 4. The predicted octanol–water partition coefficient (Wildman–Crippen LogP) is 0.462. The van der Waals surface area contributed by atoms with Gasteiger partial charge in [-0.05, 0) is 6.92 Å². The SMILES string of the molecule is C=CCOC(C)[C@H](O)C#N. The zero-order valence-electron chi connectivity index (χ0n) is 5.95. The first-order valence-corrected chi connectivity index (χ1v) is 3.02. The van der Waals surface area contributed by atoms with E-state index in [-0.39, 0.29) is 0 Å². The molecule has 10 heavy (non-hydrogen) atoms. The van der Waals surface area contributed by atoms with Gasteiger partial charge in [-0.2, -0.15) is 5.26 Å². The summed E-state index contributed by atoms with van der Waals surface area (Å²) in [7, 11) is 0. The van der Waals surface area contributed by atoms with E-state index in [9.17, 15) is 0 Å². The predicted molar refractivity (Wildman–Crippen MR) is 37.2 cm³/mol. The maximum Gasteiger partial charge on any atom is 0.166 e. The van der Waals surface area contributed by atoms with Gasteiger partial charge in [0.2, 0.25) is 0 Å². The average Bonchev–Trinajstić information content (AvgIpc) is 1.98. The highest BCUT2D eigenvalue weighted by atomic mass is 16.5. The van der Waals surface area contributed by atoms with Crippen molar-refractivity contribution in [1.82, 2.24) is 0 Å². The monoisotopic (exact) mass is 141 g/mol. The van der Waals surface area contributed by atoms with E-state index >= 15 is 0 Å². The van der Waals surface area contributed by atoms with Crippen LogP contribution in [-0.2, 0) is 4.74 Å². The third-order valence-electron chi connectivity index (χ3n) is 1.05. The molecule has 0 aromatic heterocycles. The topological polar surface area (TPSA) is 53.2 Å². The fourth-order valence-corrected chi connectivity index (χ4v) is 0.416. The summed E-state index contributed by atoms with van der Waals surface area (Å²) in [6.07, 6.45) is 0.0867. The molecule has 3 heteroatoms. The molecule has 1 unspecified atom stereocenters. The first-order chi connectivity index (χ1) is 4.72. The molecule has 0 saturated carbocycles. The van der Waals surface area contributed by atoms with E-state index in [4.69, 9.17) is 15.1 Å². The van der Waals surface area contributed by atoms with E-state index in [2.05, 4.69) is 6.58 Å². The molecule has 3 nitrogen and oxygen atoms in total. The van der Waals surface area contributed by atoms with Crippen LogP contribution in [0, 0.1) is 11.3 Å². The van der Waals surface area contributed by atoms with Crippen LogP contribution in [0.1, 0.15) is 6.92 Å². The molecule has 0 aliphatic heterocycles. The van der Waals surface area contributed by atoms with Crippen molar-refractivity contribution >= 4 is 0 Å². The zero-order valence-corrected chi connectivity index (χ0v) is 5.95. The molecule has 0 amide bonds. The molecule has 0 bridgehead atoms. The van der Waals surface area contributed by atoms with Crippen LogP contribution in [0.2, 0.25) is 0 Å². The molecule has 0 rings (SSSR count). The number of ether oxygens (including phenoxy) is 1. The van der Waals surface area contributed by atoms with Gasteiger partial charge in [-0.3, -0.25) is 0 Å². The highest BCUT2D eigenvalue weighted by Gasteiger charge is 2.11. The summed E-state index contributed by atoms with van der Waals surface area (Å²) in [5, 5.41) is 17.0. The van der Waals surface area contributed by atoms with E-state index in [0.29, 0.717) is 6.61 Å². The summed E-state index contributed by atoms with van der Waals surface area (Å²) < 4.78 is 4.95. The molecule has 56 valence electrons. The molecule has 1 N–H and O–H groups in total. The van der Waals surface area contributed by atoms with Crippen LogP contribution in [0.5, 0.6) is 0 Å². The van der Waals surface area contributed by atoms with Gasteiger partial charge in [0.05, 0.1) is 18.8 Å². The Hall–Kier alpha value is -0.850. The van der Waals surface area contributed by atoms with Gasteiger partial charge in [0.1, 0.15) is 0 Å². The Morgan fingerprint density at radius 3 is 2.90 bits per heavy atom. The van der Waals surface area contributed by atoms with Crippen LogP contribution < -0.4 is 0 Å². The summed E-state index contributed by atoms with van der Waals surface area (Å²) in [5.74, 6) is 0. The lowest BCUT2D eigenvalue weighted by Crippen LogP contribution is -2.24. The smallest absolute Gasteiger partial charge is 0.166 e. The van der Waals surface area contributed by atoms with Crippen molar-refractivity contribution < 1.29 is 9.84 Å². The molecular weight excluding hydrogens is 130 g/mol. The second-order valence-corrected chi connectivity index (χ2v) is 1.90. The molecule has 0 spiro atoms. The molecule has 0 aliphatic carbocycles. The van der Waals surface area contributed by atoms with Crippen LogP contribution >= 0.6 is 0 Å². The summed E-state index contributed by atoms with van der Waals surface area (Å²) in [6, 6.07) is 1.67. The van der Waals surface area contributed by atoms with Gasteiger partial charge in [0, 0.05) is 0 Å². The normalized spacial score (nSPS) is 15.3. The summed E-state index contributed by atoms with van der Waals surface area (Å²) in [5.41, 5.74) is 0. The Kier molecular flexibility index (Phi) is 4.55. The number of aliphatic hydroxyl groups excluding tert-OH is 1. The van der Waals surface area contributed by atoms with Crippen molar-refractivity contribution in [2.24, 2.45) is 0 Å². The first-order valence-electron chi connectivity index (χ1n) is 3.02. The number of hydrogen-bond acceptors (Lipinski definition) is 3. The van der Waals surface area contributed by atoms with Crippen molar-refractivity contribution in [1.29, 1.82) is 5.26 Å². The third-order valence-corrected chi connectivity index (χ3v) is 1.05. The van der Waals surface area contributed by atoms with E-state index in [0.717, 1.165) is 0 Å². The first kappa shape index (κ1) is 9.15. The third kappa shape index (κ3) is 3.23. The lowest BCUT2D eigenvalue weighted by Gasteiger charge is -2.11. The fourth-order valence-electron chi connectivity index (χ4n) is 0.416. The standard InChI is InChI=1S/C7H11NO2/c1-3-4-10-6(2)7(9)5-8/h3,6-7,9H,1,4H2,2H3/t6?,7-/m1/s1.